The Kier molecular flexibility index (Phi) is 6.74. The Morgan fingerprint density at radius 3 is 2.48 bits per heavy atom. The van der Waals surface area contributed by atoms with Gasteiger partial charge in [0.25, 0.3) is 11.8 Å². The summed E-state index contributed by atoms with van der Waals surface area (Å²) >= 11 is 0. The largest absolute Gasteiger partial charge is 0.493 e. The average Bonchev–Trinajstić information content (AvgIpc) is 2.78. The Morgan fingerprint density at radius 2 is 1.87 bits per heavy atom. The van der Waals surface area contributed by atoms with Gasteiger partial charge in [0.2, 0.25) is 0 Å². The van der Waals surface area contributed by atoms with Gasteiger partial charge < -0.3 is 24.4 Å². The zero-order valence-corrected chi connectivity index (χ0v) is 17.6. The van der Waals surface area contributed by atoms with Crippen LogP contribution >= 0.6 is 0 Å². The Balaban J connectivity index is 1.64. The van der Waals surface area contributed by atoms with Gasteiger partial charge in [0.1, 0.15) is 0 Å². The highest BCUT2D eigenvalue weighted by Crippen LogP contribution is 2.28. The lowest BCUT2D eigenvalue weighted by molar-refractivity contribution is -0.142. The second-order valence-electron chi connectivity index (χ2n) is 7.28. The Bertz CT molecular complexity index is 965. The van der Waals surface area contributed by atoms with Gasteiger partial charge in [-0.2, -0.15) is 0 Å². The van der Waals surface area contributed by atoms with Gasteiger partial charge in [-0.1, -0.05) is 18.2 Å². The molecule has 164 valence electrons. The van der Waals surface area contributed by atoms with Gasteiger partial charge in [-0.25, -0.2) is 9.78 Å². The molecule has 0 saturated carbocycles. The molecule has 2 amide bonds. The molecule has 1 aromatic heterocycles. The van der Waals surface area contributed by atoms with E-state index in [-0.39, 0.29) is 35.0 Å². The number of pyridine rings is 1. The summed E-state index contributed by atoms with van der Waals surface area (Å²) in [7, 11) is 1.38. The van der Waals surface area contributed by atoms with Crippen molar-refractivity contribution in [3.8, 4) is 11.5 Å². The molecule has 1 N–H and O–H groups in total. The van der Waals surface area contributed by atoms with Crippen molar-refractivity contribution >= 4 is 17.8 Å². The highest BCUT2D eigenvalue weighted by atomic mass is 16.5. The van der Waals surface area contributed by atoms with Crippen LogP contribution in [0, 0.1) is 0 Å². The zero-order valence-electron chi connectivity index (χ0n) is 17.6. The topological polar surface area (TPSA) is 109 Å². The number of methoxy groups -OCH3 is 1. The van der Waals surface area contributed by atoms with Gasteiger partial charge in [-0.05, 0) is 26.0 Å². The lowest BCUT2D eigenvalue weighted by Gasteiger charge is -2.40. The highest BCUT2D eigenvalue weighted by Gasteiger charge is 2.33. The molecule has 1 aromatic carbocycles. The average molecular weight is 427 g/mol. The second kappa shape index (κ2) is 9.46. The van der Waals surface area contributed by atoms with E-state index in [9.17, 15) is 14.4 Å². The molecule has 0 spiro atoms. The van der Waals surface area contributed by atoms with Crippen molar-refractivity contribution in [1.29, 1.82) is 0 Å². The SMILES string of the molecule is COc1cc(C(=O)O)ncc1O[C@@H](C)C(=O)N1CCN(C(=O)c2ccccc2)C[C@H]1C. The third-order valence-corrected chi connectivity index (χ3v) is 5.14. The van der Waals surface area contributed by atoms with Crippen LogP contribution in [-0.2, 0) is 4.79 Å². The summed E-state index contributed by atoms with van der Waals surface area (Å²) in [5, 5.41) is 9.05. The van der Waals surface area contributed by atoms with Crippen LogP contribution in [-0.4, -0.2) is 76.6 Å². The van der Waals surface area contributed by atoms with Crippen molar-refractivity contribution in [3.63, 3.8) is 0 Å². The summed E-state index contributed by atoms with van der Waals surface area (Å²) < 4.78 is 10.9. The predicted molar refractivity (Wildman–Crippen MR) is 111 cm³/mol. The summed E-state index contributed by atoms with van der Waals surface area (Å²) in [6.07, 6.45) is 0.386. The number of hydrogen-bond acceptors (Lipinski definition) is 6. The fourth-order valence-electron chi connectivity index (χ4n) is 3.50. The first-order valence-corrected chi connectivity index (χ1v) is 9.90. The number of aromatic carboxylic acids is 1. The van der Waals surface area contributed by atoms with Crippen LogP contribution < -0.4 is 9.47 Å². The minimum atomic E-state index is -1.19. The van der Waals surface area contributed by atoms with E-state index >= 15 is 0 Å². The van der Waals surface area contributed by atoms with E-state index in [0.29, 0.717) is 25.2 Å². The van der Waals surface area contributed by atoms with Gasteiger partial charge in [-0.15, -0.1) is 0 Å². The standard InChI is InChI=1S/C22H25N3O6/c1-14-13-24(21(27)16-7-5-4-6-8-16)9-10-25(14)20(26)15(2)31-19-12-23-17(22(28)29)11-18(19)30-3/h4-8,11-12,14-15H,9-10,13H2,1-3H3,(H,28,29)/t14-,15+/m1/s1. The molecule has 0 unspecified atom stereocenters. The number of amides is 2. The number of ether oxygens (including phenoxy) is 2. The van der Waals surface area contributed by atoms with Crippen LogP contribution in [0.25, 0.3) is 0 Å². The first-order chi connectivity index (χ1) is 14.8. The predicted octanol–water partition coefficient (Wildman–Crippen LogP) is 1.93. The van der Waals surface area contributed by atoms with Crippen LogP contribution in [0.1, 0.15) is 34.7 Å². The van der Waals surface area contributed by atoms with Gasteiger partial charge in [0.15, 0.2) is 23.3 Å². The molecule has 0 radical (unpaired) electrons. The van der Waals surface area contributed by atoms with Gasteiger partial charge in [0, 0.05) is 37.3 Å². The Hall–Kier alpha value is -3.62. The van der Waals surface area contributed by atoms with Crippen LogP contribution in [0.3, 0.4) is 0 Å². The van der Waals surface area contributed by atoms with E-state index in [1.165, 1.54) is 19.4 Å². The van der Waals surface area contributed by atoms with Crippen molar-refractivity contribution in [1.82, 2.24) is 14.8 Å². The Labute approximate surface area is 180 Å². The first kappa shape index (κ1) is 22.1. The van der Waals surface area contributed by atoms with Crippen LogP contribution in [0.15, 0.2) is 42.6 Å². The number of carbonyl (C=O) groups excluding carboxylic acids is 2. The summed E-state index contributed by atoms with van der Waals surface area (Å²) in [6, 6.07) is 10.1. The number of hydrogen-bond donors (Lipinski definition) is 1. The number of carbonyl (C=O) groups is 3. The Morgan fingerprint density at radius 1 is 1.16 bits per heavy atom. The number of rotatable bonds is 6. The lowest BCUT2D eigenvalue weighted by Crippen LogP contribution is -2.57. The number of carboxylic acid groups (broad SMARTS) is 1. The van der Waals surface area contributed by atoms with Crippen molar-refractivity contribution in [3.05, 3.63) is 53.9 Å². The molecule has 1 fully saturated rings. The third-order valence-electron chi connectivity index (χ3n) is 5.14. The van der Waals surface area contributed by atoms with Gasteiger partial charge >= 0.3 is 5.97 Å². The fraction of sp³-hybridized carbons (Fsp3) is 0.364. The smallest absolute Gasteiger partial charge is 0.354 e. The second-order valence-corrected chi connectivity index (χ2v) is 7.28. The number of nitrogens with zero attached hydrogens (tertiary/aromatic N) is 3. The van der Waals surface area contributed by atoms with Crippen LogP contribution in [0.5, 0.6) is 11.5 Å². The summed E-state index contributed by atoms with van der Waals surface area (Å²) in [4.78, 5) is 44.0. The fourth-order valence-corrected chi connectivity index (χ4v) is 3.50. The molecule has 3 rings (SSSR count). The van der Waals surface area contributed by atoms with E-state index in [1.54, 1.807) is 28.9 Å². The summed E-state index contributed by atoms with van der Waals surface area (Å²) in [5.74, 6) is -1.12. The molecule has 2 heterocycles. The minimum Gasteiger partial charge on any atom is -0.493 e. The zero-order chi connectivity index (χ0) is 22.5. The maximum absolute atomic E-state index is 13.0. The molecule has 2 atom stereocenters. The maximum Gasteiger partial charge on any atom is 0.354 e. The van der Waals surface area contributed by atoms with Gasteiger partial charge in [-0.3, -0.25) is 9.59 Å². The molecule has 1 aliphatic heterocycles. The molecule has 9 heteroatoms. The van der Waals surface area contributed by atoms with E-state index in [4.69, 9.17) is 14.6 Å². The number of piperazine rings is 1. The van der Waals surface area contributed by atoms with Crippen molar-refractivity contribution in [2.75, 3.05) is 26.7 Å². The summed E-state index contributed by atoms with van der Waals surface area (Å²) in [6.45, 7) is 4.73. The number of aromatic nitrogens is 1. The maximum atomic E-state index is 13.0. The molecule has 31 heavy (non-hydrogen) atoms. The van der Waals surface area contributed by atoms with Crippen molar-refractivity contribution < 1.29 is 29.0 Å². The molecule has 1 saturated heterocycles. The molecule has 1 aliphatic rings. The molecule has 0 bridgehead atoms. The highest BCUT2D eigenvalue weighted by molar-refractivity contribution is 5.94. The molecule has 2 aromatic rings. The number of carboxylic acids is 1. The van der Waals surface area contributed by atoms with E-state index in [2.05, 4.69) is 4.98 Å². The monoisotopic (exact) mass is 427 g/mol. The van der Waals surface area contributed by atoms with Crippen LogP contribution in [0.2, 0.25) is 0 Å². The third kappa shape index (κ3) is 4.93. The quantitative estimate of drug-likeness (QED) is 0.750. The van der Waals surface area contributed by atoms with Gasteiger partial charge in [0.05, 0.1) is 13.3 Å². The summed E-state index contributed by atoms with van der Waals surface area (Å²) in [5.41, 5.74) is 0.437. The molecule has 9 nitrogen and oxygen atoms in total. The van der Waals surface area contributed by atoms with Crippen LogP contribution in [0.4, 0.5) is 0 Å². The number of benzene rings is 1. The minimum absolute atomic E-state index is 0.0572. The molecular formula is C22H25N3O6. The van der Waals surface area contributed by atoms with E-state index in [0.717, 1.165) is 0 Å². The molecular weight excluding hydrogens is 402 g/mol. The van der Waals surface area contributed by atoms with Crippen molar-refractivity contribution in [2.45, 2.75) is 26.0 Å². The van der Waals surface area contributed by atoms with Crippen molar-refractivity contribution in [2.24, 2.45) is 0 Å². The normalized spacial score (nSPS) is 17.1. The van der Waals surface area contributed by atoms with E-state index < -0.39 is 12.1 Å². The molecule has 0 aliphatic carbocycles. The lowest BCUT2D eigenvalue weighted by atomic mass is 10.1. The first-order valence-electron chi connectivity index (χ1n) is 9.90. The van der Waals surface area contributed by atoms with E-state index in [1.807, 2.05) is 25.1 Å².